The summed E-state index contributed by atoms with van der Waals surface area (Å²) in [5, 5.41) is 4.28. The van der Waals surface area contributed by atoms with Crippen molar-refractivity contribution >= 4 is 23.2 Å². The Bertz CT molecular complexity index is 742. The van der Waals surface area contributed by atoms with Crippen molar-refractivity contribution in [3.05, 3.63) is 103 Å². The summed E-state index contributed by atoms with van der Waals surface area (Å²) in [5.41, 5.74) is 1.27. The minimum absolute atomic E-state index is 1.00. The van der Waals surface area contributed by atoms with Crippen LogP contribution >= 0.6 is 7.26 Å². The molecule has 1 heterocycles. The standard InChI is InChI=1S/C23H23NP/c1-20(24-17-18-24)19-25(21-11-5-2-6-12-21,22-13-7-3-8-14-22)23-15-9-4-10-16-23/h2-16H,1,17-19H2/q+1. The van der Waals surface area contributed by atoms with Gasteiger partial charge in [-0.2, -0.15) is 0 Å². The van der Waals surface area contributed by atoms with Gasteiger partial charge in [0.15, 0.2) is 0 Å². The van der Waals surface area contributed by atoms with Gasteiger partial charge in [-0.15, -0.1) is 0 Å². The molecular formula is C23H23NP+. The van der Waals surface area contributed by atoms with Crippen molar-refractivity contribution in [3.63, 3.8) is 0 Å². The van der Waals surface area contributed by atoms with Gasteiger partial charge >= 0.3 is 0 Å². The van der Waals surface area contributed by atoms with Crippen LogP contribution in [0.3, 0.4) is 0 Å². The molecule has 0 saturated carbocycles. The van der Waals surface area contributed by atoms with Gasteiger partial charge in [-0.3, -0.25) is 0 Å². The predicted molar refractivity (Wildman–Crippen MR) is 111 cm³/mol. The van der Waals surface area contributed by atoms with Crippen LogP contribution in [0.1, 0.15) is 0 Å². The molecule has 3 aromatic rings. The summed E-state index contributed by atoms with van der Waals surface area (Å²) in [7, 11) is -1.76. The van der Waals surface area contributed by atoms with E-state index in [1.165, 1.54) is 21.6 Å². The molecule has 0 bridgehead atoms. The van der Waals surface area contributed by atoms with Crippen LogP contribution in [-0.4, -0.2) is 24.2 Å². The Balaban J connectivity index is 1.95. The predicted octanol–water partition coefficient (Wildman–Crippen LogP) is 3.81. The third kappa shape index (κ3) is 3.13. The van der Waals surface area contributed by atoms with E-state index in [4.69, 9.17) is 0 Å². The zero-order valence-corrected chi connectivity index (χ0v) is 15.3. The van der Waals surface area contributed by atoms with Gasteiger partial charge in [0.25, 0.3) is 0 Å². The Labute approximate surface area is 151 Å². The Morgan fingerprint density at radius 1 is 0.680 bits per heavy atom. The lowest BCUT2D eigenvalue weighted by Crippen LogP contribution is -2.34. The molecule has 124 valence electrons. The van der Waals surface area contributed by atoms with Gasteiger partial charge in [0.1, 0.15) is 29.3 Å². The van der Waals surface area contributed by atoms with E-state index in [0.29, 0.717) is 0 Å². The molecule has 25 heavy (non-hydrogen) atoms. The number of nitrogens with zero attached hydrogens (tertiary/aromatic N) is 1. The molecule has 1 fully saturated rings. The molecule has 1 aliphatic heterocycles. The lowest BCUT2D eigenvalue weighted by Gasteiger charge is -2.28. The zero-order valence-electron chi connectivity index (χ0n) is 14.4. The lowest BCUT2D eigenvalue weighted by atomic mass is 10.4. The van der Waals surface area contributed by atoms with E-state index < -0.39 is 7.26 Å². The maximum atomic E-state index is 4.43. The monoisotopic (exact) mass is 344 g/mol. The Hall–Kier alpha value is -2.37. The van der Waals surface area contributed by atoms with Crippen molar-refractivity contribution in [1.82, 2.24) is 4.90 Å². The second-order valence-electron chi connectivity index (χ2n) is 6.53. The fraction of sp³-hybridized carbons (Fsp3) is 0.130. The Kier molecular flexibility index (Phi) is 4.42. The van der Waals surface area contributed by atoms with Crippen LogP contribution in [-0.2, 0) is 0 Å². The van der Waals surface area contributed by atoms with Crippen LogP contribution < -0.4 is 15.9 Å². The van der Waals surface area contributed by atoms with Crippen molar-refractivity contribution in [2.75, 3.05) is 19.3 Å². The van der Waals surface area contributed by atoms with Crippen LogP contribution in [0.25, 0.3) is 0 Å². The maximum Gasteiger partial charge on any atom is 0.118 e. The van der Waals surface area contributed by atoms with Gasteiger partial charge in [-0.05, 0) is 36.4 Å². The van der Waals surface area contributed by atoms with Crippen molar-refractivity contribution in [2.24, 2.45) is 0 Å². The second kappa shape index (κ2) is 6.86. The highest BCUT2D eigenvalue weighted by atomic mass is 31.2. The number of allylic oxidation sites excluding steroid dienone is 1. The molecule has 0 spiro atoms. The third-order valence-corrected chi connectivity index (χ3v) is 9.28. The summed E-state index contributed by atoms with van der Waals surface area (Å²) in [5.74, 6) is 0. The first kappa shape index (κ1) is 16.1. The SMILES string of the molecule is C=C(C[P+](c1ccccc1)(c1ccccc1)c1ccccc1)N1CC1. The number of benzene rings is 3. The average Bonchev–Trinajstić information content (AvgIpc) is 3.53. The van der Waals surface area contributed by atoms with Gasteiger partial charge in [-0.1, -0.05) is 61.2 Å². The number of hydrogen-bond acceptors (Lipinski definition) is 1. The lowest BCUT2D eigenvalue weighted by molar-refractivity contribution is 0.705. The fourth-order valence-corrected chi connectivity index (χ4v) is 7.74. The van der Waals surface area contributed by atoms with Crippen LogP contribution in [0.2, 0.25) is 0 Å². The first-order chi connectivity index (χ1) is 12.3. The topological polar surface area (TPSA) is 3.01 Å². The third-order valence-electron chi connectivity index (χ3n) is 4.91. The highest BCUT2D eigenvalue weighted by Gasteiger charge is 2.46. The van der Waals surface area contributed by atoms with Gasteiger partial charge in [-0.25, -0.2) is 0 Å². The number of rotatable bonds is 6. The molecule has 3 aromatic carbocycles. The first-order valence-corrected chi connectivity index (χ1v) is 10.8. The van der Waals surface area contributed by atoms with Crippen molar-refractivity contribution < 1.29 is 0 Å². The molecule has 0 unspecified atom stereocenters. The quantitative estimate of drug-likeness (QED) is 0.485. The molecule has 0 aliphatic carbocycles. The van der Waals surface area contributed by atoms with E-state index in [1.807, 2.05) is 0 Å². The van der Waals surface area contributed by atoms with Gasteiger partial charge in [0.2, 0.25) is 0 Å². The van der Waals surface area contributed by atoms with E-state index in [0.717, 1.165) is 19.3 Å². The average molecular weight is 344 g/mol. The van der Waals surface area contributed by atoms with E-state index in [1.54, 1.807) is 0 Å². The van der Waals surface area contributed by atoms with Gasteiger partial charge < -0.3 is 4.90 Å². The molecule has 0 aromatic heterocycles. The summed E-state index contributed by atoms with van der Waals surface area (Å²) < 4.78 is 0. The Morgan fingerprint density at radius 3 is 1.36 bits per heavy atom. The molecule has 1 nitrogen and oxygen atoms in total. The minimum Gasteiger partial charge on any atom is -0.369 e. The van der Waals surface area contributed by atoms with Crippen molar-refractivity contribution in [2.45, 2.75) is 0 Å². The largest absolute Gasteiger partial charge is 0.369 e. The van der Waals surface area contributed by atoms with Gasteiger partial charge in [0.05, 0.1) is 0 Å². The highest BCUT2D eigenvalue weighted by Crippen LogP contribution is 2.56. The van der Waals surface area contributed by atoms with E-state index in [-0.39, 0.29) is 0 Å². The molecular weight excluding hydrogens is 321 g/mol. The van der Waals surface area contributed by atoms with Crippen molar-refractivity contribution in [3.8, 4) is 0 Å². The molecule has 2 heteroatoms. The van der Waals surface area contributed by atoms with Crippen LogP contribution in [0.4, 0.5) is 0 Å². The summed E-state index contributed by atoms with van der Waals surface area (Å²) in [6, 6.07) is 33.1. The van der Waals surface area contributed by atoms with Crippen molar-refractivity contribution in [1.29, 1.82) is 0 Å². The summed E-state index contributed by atoms with van der Waals surface area (Å²) in [6.45, 7) is 6.73. The summed E-state index contributed by atoms with van der Waals surface area (Å²) in [6.07, 6.45) is 1.00. The normalized spacial score (nSPS) is 13.5. The maximum absolute atomic E-state index is 4.43. The van der Waals surface area contributed by atoms with Crippen LogP contribution in [0.15, 0.2) is 103 Å². The zero-order chi connectivity index (χ0) is 17.1. The molecule has 4 rings (SSSR count). The molecule has 0 N–H and O–H groups in total. The van der Waals surface area contributed by atoms with E-state index >= 15 is 0 Å². The number of hydrogen-bond donors (Lipinski definition) is 0. The van der Waals surface area contributed by atoms with E-state index in [9.17, 15) is 0 Å². The van der Waals surface area contributed by atoms with Crippen LogP contribution in [0.5, 0.6) is 0 Å². The highest BCUT2D eigenvalue weighted by molar-refractivity contribution is 7.95. The molecule has 0 amide bonds. The summed E-state index contributed by atoms with van der Waals surface area (Å²) in [4.78, 5) is 2.39. The first-order valence-electron chi connectivity index (χ1n) is 8.78. The smallest absolute Gasteiger partial charge is 0.118 e. The molecule has 1 aliphatic rings. The second-order valence-corrected chi connectivity index (χ2v) is 10.0. The Morgan fingerprint density at radius 2 is 1.04 bits per heavy atom. The van der Waals surface area contributed by atoms with E-state index in [2.05, 4.69) is 102 Å². The minimum atomic E-state index is -1.76. The molecule has 0 radical (unpaired) electrons. The summed E-state index contributed by atoms with van der Waals surface area (Å²) >= 11 is 0. The fourth-order valence-electron chi connectivity index (χ4n) is 3.51. The molecule has 0 atom stereocenters. The molecule has 1 saturated heterocycles. The van der Waals surface area contributed by atoms with Gasteiger partial charge in [0, 0.05) is 18.8 Å². The van der Waals surface area contributed by atoms with Crippen LogP contribution in [0, 0.1) is 0 Å².